The highest BCUT2D eigenvalue weighted by Crippen LogP contribution is 2.27. The molecule has 2 rings (SSSR count). The summed E-state index contributed by atoms with van der Waals surface area (Å²) in [6, 6.07) is 9.16. The van der Waals surface area contributed by atoms with Gasteiger partial charge in [-0.15, -0.1) is 0 Å². The van der Waals surface area contributed by atoms with Crippen molar-refractivity contribution in [3.63, 3.8) is 0 Å². The van der Waals surface area contributed by atoms with E-state index in [-0.39, 0.29) is 17.1 Å². The van der Waals surface area contributed by atoms with Gasteiger partial charge in [0.2, 0.25) is 0 Å². The van der Waals surface area contributed by atoms with E-state index in [2.05, 4.69) is 0 Å². The number of nitrogen functional groups attached to an aromatic ring is 1. The molecule has 0 unspecified atom stereocenters. The average molecular weight is 245 g/mol. The van der Waals surface area contributed by atoms with Gasteiger partial charge in [0.15, 0.2) is 0 Å². The molecular weight excluding hydrogens is 233 g/mol. The Bertz CT molecular complexity index is 606. The lowest BCUT2D eigenvalue weighted by Gasteiger charge is -2.09. The largest absolute Gasteiger partial charge is 0.478 e. The Balaban J connectivity index is 2.59. The molecule has 3 nitrogen and oxygen atoms in total. The highest BCUT2D eigenvalue weighted by atomic mass is 19.1. The molecule has 0 aliphatic rings. The van der Waals surface area contributed by atoms with Crippen LogP contribution in [0.25, 0.3) is 11.1 Å². The van der Waals surface area contributed by atoms with Crippen LogP contribution >= 0.6 is 0 Å². The number of benzene rings is 2. The van der Waals surface area contributed by atoms with Gasteiger partial charge in [-0.3, -0.25) is 0 Å². The third-order valence-electron chi connectivity index (χ3n) is 2.79. The second kappa shape index (κ2) is 4.49. The highest BCUT2D eigenvalue weighted by molar-refractivity contribution is 5.96. The zero-order chi connectivity index (χ0) is 13.3. The Labute approximate surface area is 104 Å². The van der Waals surface area contributed by atoms with Crippen LogP contribution in [-0.2, 0) is 0 Å². The molecule has 0 aliphatic carbocycles. The molecule has 0 aromatic heterocycles. The summed E-state index contributed by atoms with van der Waals surface area (Å²) in [5, 5.41) is 9.07. The maximum absolute atomic E-state index is 12.8. The number of halogens is 1. The number of hydrogen-bond donors (Lipinski definition) is 2. The molecule has 0 saturated heterocycles. The molecule has 3 N–H and O–H groups in total. The Morgan fingerprint density at radius 1 is 1.17 bits per heavy atom. The first-order chi connectivity index (χ1) is 8.49. The van der Waals surface area contributed by atoms with Crippen molar-refractivity contribution < 1.29 is 14.3 Å². The second-order valence-corrected chi connectivity index (χ2v) is 4.07. The number of carbonyl (C=O) groups is 1. The van der Waals surface area contributed by atoms with E-state index in [1.807, 2.05) is 0 Å². The van der Waals surface area contributed by atoms with E-state index in [0.717, 1.165) is 5.56 Å². The molecule has 2 aromatic carbocycles. The fraction of sp³-hybridized carbons (Fsp3) is 0.0714. The first-order valence-electron chi connectivity index (χ1n) is 5.38. The smallest absolute Gasteiger partial charge is 0.337 e. The summed E-state index contributed by atoms with van der Waals surface area (Å²) in [7, 11) is 0. The zero-order valence-electron chi connectivity index (χ0n) is 9.77. The molecular formula is C14H12FNO2. The van der Waals surface area contributed by atoms with E-state index in [4.69, 9.17) is 10.8 Å². The maximum Gasteiger partial charge on any atom is 0.337 e. The Morgan fingerprint density at radius 2 is 1.78 bits per heavy atom. The van der Waals surface area contributed by atoms with Crippen LogP contribution in [0.3, 0.4) is 0 Å². The van der Waals surface area contributed by atoms with Gasteiger partial charge in [0.05, 0.1) is 5.56 Å². The lowest BCUT2D eigenvalue weighted by Crippen LogP contribution is -2.04. The van der Waals surface area contributed by atoms with Gasteiger partial charge in [0.25, 0.3) is 0 Å². The van der Waals surface area contributed by atoms with Crippen LogP contribution in [-0.4, -0.2) is 11.1 Å². The Kier molecular flexibility index (Phi) is 3.02. The fourth-order valence-electron chi connectivity index (χ4n) is 1.78. The number of rotatable bonds is 2. The van der Waals surface area contributed by atoms with Gasteiger partial charge >= 0.3 is 5.97 Å². The van der Waals surface area contributed by atoms with Crippen molar-refractivity contribution in [1.82, 2.24) is 0 Å². The monoisotopic (exact) mass is 245 g/mol. The van der Waals surface area contributed by atoms with E-state index in [0.29, 0.717) is 11.1 Å². The van der Waals surface area contributed by atoms with Crippen LogP contribution in [0.5, 0.6) is 0 Å². The van der Waals surface area contributed by atoms with Crippen LogP contribution in [0, 0.1) is 12.7 Å². The van der Waals surface area contributed by atoms with Crippen LogP contribution in [0.15, 0.2) is 36.4 Å². The number of carboxylic acid groups (broad SMARTS) is 1. The molecule has 2 aromatic rings. The minimum absolute atomic E-state index is 0.0642. The molecule has 0 spiro atoms. The number of hydrogen-bond acceptors (Lipinski definition) is 2. The first-order valence-corrected chi connectivity index (χ1v) is 5.38. The molecule has 4 heteroatoms. The van der Waals surface area contributed by atoms with Crippen molar-refractivity contribution in [2.75, 3.05) is 5.73 Å². The van der Waals surface area contributed by atoms with E-state index in [1.54, 1.807) is 25.1 Å². The lowest BCUT2D eigenvalue weighted by atomic mass is 9.98. The minimum atomic E-state index is -1.07. The van der Waals surface area contributed by atoms with Crippen molar-refractivity contribution in [3.05, 3.63) is 53.3 Å². The molecule has 0 atom stereocenters. The number of aromatic carboxylic acids is 1. The fourth-order valence-corrected chi connectivity index (χ4v) is 1.78. The van der Waals surface area contributed by atoms with Crippen molar-refractivity contribution in [2.45, 2.75) is 6.92 Å². The summed E-state index contributed by atoms with van der Waals surface area (Å²) in [6.07, 6.45) is 0. The summed E-state index contributed by atoms with van der Waals surface area (Å²) in [6.45, 7) is 1.74. The quantitative estimate of drug-likeness (QED) is 0.799. The molecule has 0 fully saturated rings. The van der Waals surface area contributed by atoms with Crippen LogP contribution in [0.2, 0.25) is 0 Å². The van der Waals surface area contributed by atoms with E-state index in [9.17, 15) is 9.18 Å². The summed E-state index contributed by atoms with van der Waals surface area (Å²) in [5.74, 6) is -1.40. The van der Waals surface area contributed by atoms with E-state index >= 15 is 0 Å². The third-order valence-corrected chi connectivity index (χ3v) is 2.79. The van der Waals surface area contributed by atoms with Gasteiger partial charge in [-0.25, -0.2) is 9.18 Å². The lowest BCUT2D eigenvalue weighted by molar-refractivity contribution is 0.0698. The average Bonchev–Trinajstić information content (AvgIpc) is 2.33. The second-order valence-electron chi connectivity index (χ2n) is 4.07. The van der Waals surface area contributed by atoms with Crippen molar-refractivity contribution in [2.24, 2.45) is 0 Å². The predicted molar refractivity (Wildman–Crippen MR) is 67.9 cm³/mol. The first kappa shape index (κ1) is 12.1. The van der Waals surface area contributed by atoms with Gasteiger partial charge in [-0.2, -0.15) is 0 Å². The minimum Gasteiger partial charge on any atom is -0.478 e. The molecule has 0 bridgehead atoms. The normalized spacial score (nSPS) is 10.3. The van der Waals surface area contributed by atoms with Crippen LogP contribution in [0.1, 0.15) is 15.9 Å². The topological polar surface area (TPSA) is 63.3 Å². The van der Waals surface area contributed by atoms with E-state index in [1.165, 1.54) is 18.2 Å². The Hall–Kier alpha value is -2.36. The van der Waals surface area contributed by atoms with Gasteiger partial charge < -0.3 is 10.8 Å². The molecule has 18 heavy (non-hydrogen) atoms. The summed E-state index contributed by atoms with van der Waals surface area (Å²) >= 11 is 0. The van der Waals surface area contributed by atoms with Crippen molar-refractivity contribution in [1.29, 1.82) is 0 Å². The van der Waals surface area contributed by atoms with Crippen LogP contribution in [0.4, 0.5) is 10.1 Å². The Morgan fingerprint density at radius 3 is 2.33 bits per heavy atom. The third kappa shape index (κ3) is 2.18. The van der Waals surface area contributed by atoms with Crippen LogP contribution < -0.4 is 5.73 Å². The SMILES string of the molecule is Cc1cc(-c2ccc(F)cc2)cc(C(=O)O)c1N. The number of anilines is 1. The summed E-state index contributed by atoms with van der Waals surface area (Å²) in [4.78, 5) is 11.1. The molecule has 0 aliphatic heterocycles. The maximum atomic E-state index is 12.8. The van der Waals surface area contributed by atoms with E-state index < -0.39 is 5.97 Å². The van der Waals surface area contributed by atoms with Gasteiger partial charge in [-0.1, -0.05) is 12.1 Å². The molecule has 0 amide bonds. The van der Waals surface area contributed by atoms with Crippen molar-refractivity contribution >= 4 is 11.7 Å². The van der Waals surface area contributed by atoms with Crippen molar-refractivity contribution in [3.8, 4) is 11.1 Å². The number of aryl methyl sites for hydroxylation is 1. The van der Waals surface area contributed by atoms with Gasteiger partial charge in [-0.05, 0) is 47.9 Å². The number of carboxylic acids is 1. The standard InChI is InChI=1S/C14H12FNO2/c1-8-6-10(7-12(13(8)16)14(17)18)9-2-4-11(15)5-3-9/h2-7H,16H2,1H3,(H,17,18). The molecule has 92 valence electrons. The zero-order valence-corrected chi connectivity index (χ0v) is 9.77. The summed E-state index contributed by atoms with van der Waals surface area (Å²) < 4.78 is 12.8. The van der Waals surface area contributed by atoms with Gasteiger partial charge in [0.1, 0.15) is 5.82 Å². The predicted octanol–water partition coefficient (Wildman–Crippen LogP) is 3.08. The van der Waals surface area contributed by atoms with Gasteiger partial charge in [0, 0.05) is 5.69 Å². The number of nitrogens with two attached hydrogens (primary N) is 1. The highest BCUT2D eigenvalue weighted by Gasteiger charge is 2.12. The molecule has 0 heterocycles. The molecule has 0 saturated carbocycles. The molecule has 0 radical (unpaired) electrons. The summed E-state index contributed by atoms with van der Waals surface area (Å²) in [5.41, 5.74) is 8.18.